The summed E-state index contributed by atoms with van der Waals surface area (Å²) in [4.78, 5) is 10.8. The van der Waals surface area contributed by atoms with Crippen molar-refractivity contribution in [3.8, 4) is 17.2 Å². The van der Waals surface area contributed by atoms with Gasteiger partial charge in [-0.15, -0.1) is 0 Å². The summed E-state index contributed by atoms with van der Waals surface area (Å²) in [6.45, 7) is 0.439. The highest BCUT2D eigenvalue weighted by atomic mass is 35.5. The molecule has 0 amide bonds. The Balaban J connectivity index is 1.99. The molecule has 7 heteroatoms. The number of carbonyl (C=O) groups excluding carboxylic acids is 1. The van der Waals surface area contributed by atoms with Crippen LogP contribution in [0.2, 0.25) is 15.1 Å². The van der Waals surface area contributed by atoms with Gasteiger partial charge in [0, 0.05) is 16.7 Å². The summed E-state index contributed by atoms with van der Waals surface area (Å²) in [5, 5.41) is 1.27. The monoisotopic (exact) mass is 374 g/mol. The number of carbonyl (C=O) groups is 1. The zero-order valence-corrected chi connectivity index (χ0v) is 14.4. The minimum atomic E-state index is 0.208. The first-order chi connectivity index (χ1) is 11.0. The Labute approximate surface area is 148 Å². The highest BCUT2D eigenvalue weighted by Crippen LogP contribution is 2.36. The normalized spacial score (nSPS) is 10.3. The van der Waals surface area contributed by atoms with Crippen molar-refractivity contribution < 1.29 is 19.0 Å². The molecule has 0 aliphatic heterocycles. The van der Waals surface area contributed by atoms with Crippen molar-refractivity contribution in [1.82, 2.24) is 0 Å². The summed E-state index contributed by atoms with van der Waals surface area (Å²) < 4.78 is 16.3. The molecule has 0 aliphatic rings. The molecule has 0 bridgehead atoms. The van der Waals surface area contributed by atoms with Crippen molar-refractivity contribution in [1.29, 1.82) is 0 Å². The molecule has 0 unspecified atom stereocenters. The van der Waals surface area contributed by atoms with Crippen LogP contribution in [0.3, 0.4) is 0 Å². The van der Waals surface area contributed by atoms with Gasteiger partial charge in [-0.25, -0.2) is 0 Å². The molecule has 0 saturated carbocycles. The molecule has 2 aromatic rings. The van der Waals surface area contributed by atoms with Gasteiger partial charge in [-0.1, -0.05) is 34.8 Å². The van der Waals surface area contributed by atoms with Crippen LogP contribution >= 0.6 is 34.8 Å². The molecule has 0 heterocycles. The molecule has 0 atom stereocenters. The van der Waals surface area contributed by atoms with Gasteiger partial charge >= 0.3 is 0 Å². The molecule has 0 fully saturated rings. The average Bonchev–Trinajstić information content (AvgIpc) is 2.55. The van der Waals surface area contributed by atoms with Crippen LogP contribution in [0.25, 0.3) is 0 Å². The fraction of sp³-hybridized carbons (Fsp3) is 0.188. The van der Waals surface area contributed by atoms with Gasteiger partial charge in [0.2, 0.25) is 0 Å². The third-order valence-corrected chi connectivity index (χ3v) is 3.70. The van der Waals surface area contributed by atoms with Crippen LogP contribution in [0.4, 0.5) is 0 Å². The van der Waals surface area contributed by atoms with Crippen LogP contribution in [0.15, 0.2) is 30.3 Å². The SMILES string of the molecule is COc1cc(C=O)cc(Cl)c1OCCOc1cc(Cl)ccc1Cl. The summed E-state index contributed by atoms with van der Waals surface area (Å²) in [5.74, 6) is 1.19. The zero-order chi connectivity index (χ0) is 16.8. The number of rotatable bonds is 7. The lowest BCUT2D eigenvalue weighted by atomic mass is 10.2. The molecule has 2 rings (SSSR count). The highest BCUT2D eigenvalue weighted by molar-refractivity contribution is 6.34. The van der Waals surface area contributed by atoms with Gasteiger partial charge in [0.15, 0.2) is 11.5 Å². The van der Waals surface area contributed by atoms with Crippen molar-refractivity contribution in [3.63, 3.8) is 0 Å². The van der Waals surface area contributed by atoms with Crippen LogP contribution in [0.1, 0.15) is 10.4 Å². The molecule has 2 aromatic carbocycles. The summed E-state index contributed by atoms with van der Waals surface area (Å²) >= 11 is 18.0. The minimum Gasteiger partial charge on any atom is -0.493 e. The summed E-state index contributed by atoms with van der Waals surface area (Å²) in [7, 11) is 1.47. The van der Waals surface area contributed by atoms with Crippen molar-refractivity contribution in [2.45, 2.75) is 0 Å². The number of hydrogen-bond acceptors (Lipinski definition) is 4. The topological polar surface area (TPSA) is 44.8 Å². The Morgan fingerprint density at radius 3 is 2.39 bits per heavy atom. The van der Waals surface area contributed by atoms with Crippen LogP contribution in [0, 0.1) is 0 Å². The van der Waals surface area contributed by atoms with E-state index in [1.54, 1.807) is 24.3 Å². The van der Waals surface area contributed by atoms with E-state index in [-0.39, 0.29) is 18.2 Å². The van der Waals surface area contributed by atoms with E-state index in [2.05, 4.69) is 0 Å². The lowest BCUT2D eigenvalue weighted by molar-refractivity contribution is 0.112. The van der Waals surface area contributed by atoms with Gasteiger partial charge < -0.3 is 14.2 Å². The predicted molar refractivity (Wildman–Crippen MR) is 90.8 cm³/mol. The minimum absolute atomic E-state index is 0.208. The molecule has 0 aliphatic carbocycles. The smallest absolute Gasteiger partial charge is 0.179 e. The Morgan fingerprint density at radius 2 is 1.70 bits per heavy atom. The largest absolute Gasteiger partial charge is 0.493 e. The van der Waals surface area contributed by atoms with Gasteiger partial charge in [-0.3, -0.25) is 4.79 Å². The fourth-order valence-corrected chi connectivity index (χ4v) is 2.44. The number of hydrogen-bond donors (Lipinski definition) is 0. The van der Waals surface area contributed by atoms with Crippen LogP contribution in [-0.4, -0.2) is 26.6 Å². The van der Waals surface area contributed by atoms with Crippen LogP contribution < -0.4 is 14.2 Å². The van der Waals surface area contributed by atoms with E-state index in [9.17, 15) is 4.79 Å². The molecule has 0 radical (unpaired) electrons. The van der Waals surface area contributed by atoms with Crippen LogP contribution in [0.5, 0.6) is 17.2 Å². The summed E-state index contributed by atoms with van der Waals surface area (Å²) in [5.41, 5.74) is 0.404. The van der Waals surface area contributed by atoms with E-state index in [1.807, 2.05) is 0 Å². The first kappa shape index (κ1) is 17.7. The molecule has 122 valence electrons. The first-order valence-electron chi connectivity index (χ1n) is 6.58. The Bertz CT molecular complexity index is 704. The van der Waals surface area contributed by atoms with Crippen molar-refractivity contribution in [2.75, 3.05) is 20.3 Å². The van der Waals surface area contributed by atoms with Gasteiger partial charge in [-0.2, -0.15) is 0 Å². The second-order valence-electron chi connectivity index (χ2n) is 4.42. The quantitative estimate of drug-likeness (QED) is 0.508. The Hall–Kier alpha value is -1.62. The van der Waals surface area contributed by atoms with E-state index < -0.39 is 0 Å². The lowest BCUT2D eigenvalue weighted by Crippen LogP contribution is -2.10. The van der Waals surface area contributed by atoms with E-state index in [0.717, 1.165) is 0 Å². The van der Waals surface area contributed by atoms with Crippen molar-refractivity contribution in [3.05, 3.63) is 51.0 Å². The second kappa shape index (κ2) is 8.29. The van der Waals surface area contributed by atoms with E-state index in [1.165, 1.54) is 13.2 Å². The van der Waals surface area contributed by atoms with Crippen molar-refractivity contribution in [2.24, 2.45) is 0 Å². The molecule has 23 heavy (non-hydrogen) atoms. The van der Waals surface area contributed by atoms with Crippen LogP contribution in [-0.2, 0) is 0 Å². The van der Waals surface area contributed by atoms with Crippen molar-refractivity contribution >= 4 is 41.1 Å². The average molecular weight is 376 g/mol. The molecular formula is C16H13Cl3O4. The standard InChI is InChI=1S/C16H13Cl3O4/c1-21-15-7-10(9-20)6-13(19)16(15)23-5-4-22-14-8-11(17)2-3-12(14)18/h2-3,6-9H,4-5H2,1H3. The second-order valence-corrected chi connectivity index (χ2v) is 5.67. The zero-order valence-electron chi connectivity index (χ0n) is 12.1. The number of benzene rings is 2. The Kier molecular flexibility index (Phi) is 6.39. The number of aldehydes is 1. The molecule has 0 spiro atoms. The Morgan fingerprint density at radius 1 is 0.957 bits per heavy atom. The molecule has 0 aromatic heterocycles. The maximum atomic E-state index is 10.8. The number of halogens is 3. The van der Waals surface area contributed by atoms with E-state index >= 15 is 0 Å². The van der Waals surface area contributed by atoms with Gasteiger partial charge in [0.1, 0.15) is 25.2 Å². The fourth-order valence-electron chi connectivity index (χ4n) is 1.83. The van der Waals surface area contributed by atoms with Gasteiger partial charge in [0.25, 0.3) is 0 Å². The molecule has 0 N–H and O–H groups in total. The third kappa shape index (κ3) is 4.67. The summed E-state index contributed by atoms with van der Waals surface area (Å²) in [6.07, 6.45) is 0.683. The number of methoxy groups -OCH3 is 1. The molecular weight excluding hydrogens is 363 g/mol. The molecule has 4 nitrogen and oxygen atoms in total. The maximum absolute atomic E-state index is 10.8. The number of ether oxygens (including phenoxy) is 3. The van der Waals surface area contributed by atoms with E-state index in [0.29, 0.717) is 39.1 Å². The predicted octanol–water partition coefficient (Wildman–Crippen LogP) is 4.93. The highest BCUT2D eigenvalue weighted by Gasteiger charge is 2.12. The third-order valence-electron chi connectivity index (χ3n) is 2.87. The maximum Gasteiger partial charge on any atom is 0.179 e. The first-order valence-corrected chi connectivity index (χ1v) is 7.72. The van der Waals surface area contributed by atoms with E-state index in [4.69, 9.17) is 49.0 Å². The summed E-state index contributed by atoms with van der Waals surface area (Å²) in [6, 6.07) is 7.99. The molecule has 0 saturated heterocycles. The lowest BCUT2D eigenvalue weighted by Gasteiger charge is -2.14. The van der Waals surface area contributed by atoms with Gasteiger partial charge in [-0.05, 0) is 24.3 Å². The van der Waals surface area contributed by atoms with Gasteiger partial charge in [0.05, 0.1) is 17.2 Å².